The summed E-state index contributed by atoms with van der Waals surface area (Å²) >= 11 is 1.30. The molecule has 10 heteroatoms. The summed E-state index contributed by atoms with van der Waals surface area (Å²) in [4.78, 5) is 29.8. The Balaban J connectivity index is 2.07. The van der Waals surface area contributed by atoms with Crippen LogP contribution in [0.5, 0.6) is 0 Å². The van der Waals surface area contributed by atoms with Gasteiger partial charge in [-0.05, 0) is 23.6 Å². The molecule has 28 heavy (non-hydrogen) atoms. The van der Waals surface area contributed by atoms with E-state index in [1.165, 1.54) is 18.4 Å². The molecule has 0 unspecified atom stereocenters. The number of benzene rings is 1. The lowest BCUT2D eigenvalue weighted by molar-refractivity contribution is -0.133. The van der Waals surface area contributed by atoms with Crippen molar-refractivity contribution in [1.29, 1.82) is 0 Å². The highest BCUT2D eigenvalue weighted by Gasteiger charge is 2.26. The highest BCUT2D eigenvalue weighted by atomic mass is 32.1. The molecule has 0 radical (unpaired) electrons. The second kappa shape index (κ2) is 9.67. The molecule has 1 heterocycles. The van der Waals surface area contributed by atoms with Crippen LogP contribution in [0.4, 0.5) is 13.9 Å². The van der Waals surface area contributed by atoms with Crippen molar-refractivity contribution in [2.24, 2.45) is 0 Å². The number of aliphatic hydroxyl groups excluding tert-OH is 1. The fraction of sp³-hybridized carbons (Fsp3) is 0.389. The number of ether oxygens (including phenoxy) is 1. The van der Waals surface area contributed by atoms with Gasteiger partial charge >= 0.3 is 0 Å². The van der Waals surface area contributed by atoms with E-state index >= 15 is 0 Å². The molecule has 0 saturated carbocycles. The first kappa shape index (κ1) is 21.9. The largest absolute Gasteiger partial charge is 0.382 e. The smallest absolute Gasteiger partial charge is 0.254 e. The van der Waals surface area contributed by atoms with Crippen molar-refractivity contribution in [1.82, 2.24) is 10.3 Å². The monoisotopic (exact) mass is 413 g/mol. The predicted octanol–water partition coefficient (Wildman–Crippen LogP) is 2.35. The van der Waals surface area contributed by atoms with Gasteiger partial charge in [-0.25, -0.2) is 13.8 Å². The molecule has 0 aliphatic heterocycles. The van der Waals surface area contributed by atoms with Gasteiger partial charge in [0.15, 0.2) is 11.2 Å². The Morgan fingerprint density at radius 1 is 1.21 bits per heavy atom. The van der Waals surface area contributed by atoms with E-state index in [4.69, 9.17) is 4.74 Å². The predicted molar refractivity (Wildman–Crippen MR) is 100.0 cm³/mol. The Bertz CT molecular complexity index is 824. The summed E-state index contributed by atoms with van der Waals surface area (Å²) in [5, 5.41) is 15.3. The molecule has 0 fully saturated rings. The van der Waals surface area contributed by atoms with Crippen LogP contribution in [0, 0.1) is 11.6 Å². The number of hydrogen-bond donors (Lipinski definition) is 3. The van der Waals surface area contributed by atoms with Crippen LogP contribution < -0.4 is 10.6 Å². The number of anilines is 1. The van der Waals surface area contributed by atoms with Crippen molar-refractivity contribution in [2.75, 3.05) is 19.0 Å². The Kier molecular flexibility index (Phi) is 7.55. The maximum atomic E-state index is 13.3. The van der Waals surface area contributed by atoms with Gasteiger partial charge in [-0.15, -0.1) is 11.3 Å². The first-order valence-electron chi connectivity index (χ1n) is 8.41. The molecular weight excluding hydrogens is 392 g/mol. The number of methoxy groups -OCH3 is 1. The van der Waals surface area contributed by atoms with Crippen molar-refractivity contribution < 1.29 is 28.2 Å². The van der Waals surface area contributed by atoms with Crippen molar-refractivity contribution in [3.63, 3.8) is 0 Å². The lowest BCUT2D eigenvalue weighted by atomic mass is 10.1. The number of carbonyl (C=O) groups is 2. The van der Waals surface area contributed by atoms with Crippen molar-refractivity contribution in [2.45, 2.75) is 31.9 Å². The van der Waals surface area contributed by atoms with E-state index < -0.39 is 35.6 Å². The molecule has 7 nitrogen and oxygen atoms in total. The molecule has 2 amide bonds. The fourth-order valence-electron chi connectivity index (χ4n) is 2.29. The number of aromatic nitrogens is 1. The number of nitrogens with zero attached hydrogens (tertiary/aromatic N) is 1. The van der Waals surface area contributed by atoms with E-state index in [1.807, 2.05) is 13.8 Å². The molecule has 0 bridgehead atoms. The van der Waals surface area contributed by atoms with Crippen molar-refractivity contribution in [3.8, 4) is 0 Å². The van der Waals surface area contributed by atoms with Gasteiger partial charge in [-0.3, -0.25) is 9.59 Å². The second-order valence-corrected chi connectivity index (χ2v) is 7.40. The van der Waals surface area contributed by atoms with E-state index in [-0.39, 0.29) is 18.1 Å². The number of thiazole rings is 1. The van der Waals surface area contributed by atoms with E-state index in [1.54, 1.807) is 6.20 Å². The van der Waals surface area contributed by atoms with Gasteiger partial charge in [0.05, 0.1) is 6.61 Å². The Morgan fingerprint density at radius 2 is 1.86 bits per heavy atom. The minimum absolute atomic E-state index is 0.176. The van der Waals surface area contributed by atoms with Gasteiger partial charge in [0, 0.05) is 24.3 Å². The van der Waals surface area contributed by atoms with Crippen LogP contribution in [0.3, 0.4) is 0 Å². The molecule has 0 spiro atoms. The summed E-state index contributed by atoms with van der Waals surface area (Å²) in [5.74, 6) is -3.21. The zero-order valence-electron chi connectivity index (χ0n) is 15.5. The maximum Gasteiger partial charge on any atom is 0.254 e. The summed E-state index contributed by atoms with van der Waals surface area (Å²) in [5.41, 5.74) is -0.270. The molecule has 0 aliphatic carbocycles. The van der Waals surface area contributed by atoms with Gasteiger partial charge in [-0.2, -0.15) is 0 Å². The van der Waals surface area contributed by atoms with Crippen LogP contribution in [-0.2, 0) is 14.3 Å². The highest BCUT2D eigenvalue weighted by Crippen LogP contribution is 2.25. The van der Waals surface area contributed by atoms with Gasteiger partial charge in [-0.1, -0.05) is 13.8 Å². The summed E-state index contributed by atoms with van der Waals surface area (Å²) in [6, 6.07) is 1.15. The fourth-order valence-corrected chi connectivity index (χ4v) is 3.11. The van der Waals surface area contributed by atoms with E-state index in [0.29, 0.717) is 11.2 Å². The number of carbonyl (C=O) groups excluding carboxylic acids is 2. The third-order valence-corrected chi connectivity index (χ3v) is 4.95. The third-order valence-electron chi connectivity index (χ3n) is 3.74. The van der Waals surface area contributed by atoms with Gasteiger partial charge < -0.3 is 20.5 Å². The topological polar surface area (TPSA) is 101 Å². The molecule has 2 atom stereocenters. The molecule has 1 aromatic carbocycles. The normalized spacial score (nSPS) is 13.2. The quantitative estimate of drug-likeness (QED) is 0.617. The SMILES string of the molecule is COC[C@H](NC(=O)[C@@H](O)c1cc(F)cc(F)c1)C(=O)Nc1ncc(C(C)C)s1. The first-order chi connectivity index (χ1) is 13.2. The summed E-state index contributed by atoms with van der Waals surface area (Å²) < 4.78 is 31.5. The van der Waals surface area contributed by atoms with Gasteiger partial charge in [0.25, 0.3) is 11.8 Å². The second-order valence-electron chi connectivity index (χ2n) is 6.33. The van der Waals surface area contributed by atoms with Crippen LogP contribution in [-0.4, -0.2) is 41.7 Å². The molecule has 2 aromatic rings. The molecule has 2 rings (SSSR count). The van der Waals surface area contributed by atoms with Gasteiger partial charge in [0.1, 0.15) is 17.7 Å². The maximum absolute atomic E-state index is 13.3. The average molecular weight is 413 g/mol. The Morgan fingerprint density at radius 3 is 2.39 bits per heavy atom. The summed E-state index contributed by atoms with van der Waals surface area (Å²) in [6.07, 6.45) is -0.207. The van der Waals surface area contributed by atoms with Gasteiger partial charge in [0.2, 0.25) is 0 Å². The van der Waals surface area contributed by atoms with Crippen LogP contribution in [0.2, 0.25) is 0 Å². The third kappa shape index (κ3) is 5.78. The average Bonchev–Trinajstić information content (AvgIpc) is 3.08. The number of halogens is 2. The summed E-state index contributed by atoms with van der Waals surface area (Å²) in [6.45, 7) is 3.80. The number of amides is 2. The summed E-state index contributed by atoms with van der Waals surface area (Å²) in [7, 11) is 1.34. The zero-order chi connectivity index (χ0) is 20.8. The van der Waals surface area contributed by atoms with E-state index in [0.717, 1.165) is 17.0 Å². The van der Waals surface area contributed by atoms with Crippen LogP contribution in [0.25, 0.3) is 0 Å². The van der Waals surface area contributed by atoms with Crippen LogP contribution in [0.15, 0.2) is 24.4 Å². The number of aliphatic hydroxyl groups is 1. The molecule has 3 N–H and O–H groups in total. The molecule has 0 saturated heterocycles. The molecule has 1 aromatic heterocycles. The number of rotatable bonds is 8. The lowest BCUT2D eigenvalue weighted by Crippen LogP contribution is -2.48. The lowest BCUT2D eigenvalue weighted by Gasteiger charge is -2.19. The Hall–Kier alpha value is -2.43. The Labute approximate surface area is 164 Å². The molecule has 0 aliphatic rings. The van der Waals surface area contributed by atoms with Crippen molar-refractivity contribution >= 4 is 28.3 Å². The number of nitrogens with one attached hydrogen (secondary N) is 2. The zero-order valence-corrected chi connectivity index (χ0v) is 16.3. The highest BCUT2D eigenvalue weighted by molar-refractivity contribution is 7.15. The van der Waals surface area contributed by atoms with Crippen LogP contribution >= 0.6 is 11.3 Å². The minimum atomic E-state index is -1.86. The first-order valence-corrected chi connectivity index (χ1v) is 9.22. The van der Waals surface area contributed by atoms with E-state index in [9.17, 15) is 23.5 Å². The minimum Gasteiger partial charge on any atom is -0.382 e. The molecular formula is C18H21F2N3O4S. The standard InChI is InChI=1S/C18H21F2N3O4S/c1-9(2)14-7-21-18(28-14)23-16(25)13(8-27-3)22-17(26)15(24)10-4-11(19)6-12(20)5-10/h4-7,9,13,15,24H,8H2,1-3H3,(H,22,26)(H,21,23,25)/t13-,15-/m0/s1. The molecule has 152 valence electrons. The van der Waals surface area contributed by atoms with E-state index in [2.05, 4.69) is 15.6 Å². The number of hydrogen-bond acceptors (Lipinski definition) is 6. The van der Waals surface area contributed by atoms with Crippen molar-refractivity contribution in [3.05, 3.63) is 46.5 Å². The van der Waals surface area contributed by atoms with Crippen LogP contribution in [0.1, 0.15) is 36.3 Å².